The van der Waals surface area contributed by atoms with E-state index in [0.717, 1.165) is 28.3 Å². The molecule has 3 heterocycles. The number of thioether (sulfide) groups is 1. The summed E-state index contributed by atoms with van der Waals surface area (Å²) in [5.74, 6) is 1.87. The number of aromatic nitrogens is 2. The molecule has 0 bridgehead atoms. The Bertz CT molecular complexity index is 837. The summed E-state index contributed by atoms with van der Waals surface area (Å²) in [7, 11) is 0. The topological polar surface area (TPSA) is 65.4 Å². The molecule has 0 saturated carbocycles. The summed E-state index contributed by atoms with van der Waals surface area (Å²) in [6, 6.07) is 3.92. The van der Waals surface area contributed by atoms with Crippen molar-refractivity contribution in [3.63, 3.8) is 0 Å². The maximum Gasteiger partial charge on any atom is 0.235 e. The molecule has 4 rings (SSSR count). The molecule has 6 nitrogen and oxygen atoms in total. The number of benzene rings is 1. The van der Waals surface area contributed by atoms with Gasteiger partial charge in [-0.25, -0.2) is 4.68 Å². The Balaban J connectivity index is 1.87. The summed E-state index contributed by atoms with van der Waals surface area (Å²) in [4.78, 5) is 12.2. The van der Waals surface area contributed by atoms with Gasteiger partial charge in [-0.2, -0.15) is 5.10 Å². The van der Waals surface area contributed by atoms with Gasteiger partial charge in [0.05, 0.1) is 23.8 Å². The van der Waals surface area contributed by atoms with Gasteiger partial charge in [0.1, 0.15) is 11.6 Å². The van der Waals surface area contributed by atoms with E-state index in [-0.39, 0.29) is 24.0 Å². The summed E-state index contributed by atoms with van der Waals surface area (Å²) < 4.78 is 13.0. The van der Waals surface area contributed by atoms with Gasteiger partial charge in [0.15, 0.2) is 6.79 Å². The van der Waals surface area contributed by atoms with Crippen LogP contribution in [-0.4, -0.2) is 28.2 Å². The normalized spacial score (nSPS) is 19.7. The maximum atomic E-state index is 12.2. The van der Waals surface area contributed by atoms with Gasteiger partial charge in [-0.15, -0.1) is 11.8 Å². The van der Waals surface area contributed by atoms with Gasteiger partial charge in [-0.1, -0.05) is 11.6 Å². The molecule has 0 radical (unpaired) electrons. The Morgan fingerprint density at radius 2 is 2.24 bits per heavy atom. The van der Waals surface area contributed by atoms with E-state index < -0.39 is 0 Å². The van der Waals surface area contributed by atoms with Gasteiger partial charge in [-0.3, -0.25) is 4.79 Å². The lowest BCUT2D eigenvalue weighted by molar-refractivity contribution is -0.113. The smallest absolute Gasteiger partial charge is 0.235 e. The number of hydrogen-bond donors (Lipinski definition) is 1. The Morgan fingerprint density at radius 3 is 3.04 bits per heavy atom. The van der Waals surface area contributed by atoms with E-state index in [0.29, 0.717) is 17.4 Å². The molecule has 1 aromatic carbocycles. The largest absolute Gasteiger partial charge is 0.467 e. The molecule has 2 aliphatic heterocycles. The average Bonchev–Trinajstić information content (AvgIpc) is 2.91. The lowest BCUT2D eigenvalue weighted by Crippen LogP contribution is -2.17. The molecule has 0 aliphatic carbocycles. The van der Waals surface area contributed by atoms with E-state index in [1.807, 2.05) is 36.9 Å². The third kappa shape index (κ3) is 3.01. The van der Waals surface area contributed by atoms with Crippen molar-refractivity contribution < 1.29 is 14.3 Å². The Labute approximate surface area is 154 Å². The third-order valence-corrected chi connectivity index (χ3v) is 5.71. The van der Waals surface area contributed by atoms with Gasteiger partial charge in [-0.05, 0) is 26.0 Å². The van der Waals surface area contributed by atoms with Crippen LogP contribution in [0.4, 0.5) is 5.82 Å². The van der Waals surface area contributed by atoms with Crippen LogP contribution in [0.1, 0.15) is 41.8 Å². The predicted molar refractivity (Wildman–Crippen MR) is 97.3 cm³/mol. The predicted octanol–water partition coefficient (Wildman–Crippen LogP) is 3.76. The van der Waals surface area contributed by atoms with Crippen LogP contribution in [0.5, 0.6) is 5.75 Å². The van der Waals surface area contributed by atoms with Crippen LogP contribution in [0.15, 0.2) is 18.3 Å². The zero-order valence-electron chi connectivity index (χ0n) is 13.9. The van der Waals surface area contributed by atoms with Crippen molar-refractivity contribution in [3.8, 4) is 5.75 Å². The number of halogens is 1. The number of fused-ring (bicyclic) bond motifs is 2. The summed E-state index contributed by atoms with van der Waals surface area (Å²) in [5, 5.41) is 8.00. The van der Waals surface area contributed by atoms with E-state index in [2.05, 4.69) is 10.4 Å². The lowest BCUT2D eigenvalue weighted by Gasteiger charge is -2.24. The van der Waals surface area contributed by atoms with Crippen LogP contribution in [-0.2, 0) is 16.1 Å². The van der Waals surface area contributed by atoms with Crippen LogP contribution in [0, 0.1) is 0 Å². The van der Waals surface area contributed by atoms with Crippen molar-refractivity contribution in [2.45, 2.75) is 31.7 Å². The molecule has 8 heteroatoms. The molecule has 0 spiro atoms. The van der Waals surface area contributed by atoms with Gasteiger partial charge >= 0.3 is 0 Å². The first-order valence-corrected chi connectivity index (χ1v) is 9.49. The highest BCUT2D eigenvalue weighted by Gasteiger charge is 2.32. The second kappa shape index (κ2) is 6.55. The fourth-order valence-corrected chi connectivity index (χ4v) is 4.51. The van der Waals surface area contributed by atoms with Gasteiger partial charge < -0.3 is 14.8 Å². The maximum absolute atomic E-state index is 12.2. The van der Waals surface area contributed by atoms with E-state index in [1.165, 1.54) is 0 Å². The number of anilines is 1. The Hall–Kier alpha value is -1.70. The van der Waals surface area contributed by atoms with Crippen LogP contribution in [0.3, 0.4) is 0 Å². The lowest BCUT2D eigenvalue weighted by atomic mass is 10.0. The molecule has 2 aromatic rings. The highest BCUT2D eigenvalue weighted by atomic mass is 35.5. The summed E-state index contributed by atoms with van der Waals surface area (Å²) in [5.41, 5.74) is 2.84. The number of carbonyl (C=O) groups is 1. The quantitative estimate of drug-likeness (QED) is 0.860. The first-order valence-electron chi connectivity index (χ1n) is 8.06. The van der Waals surface area contributed by atoms with Crippen LogP contribution < -0.4 is 10.1 Å². The molecule has 1 amide bonds. The number of amides is 1. The molecule has 1 N–H and O–H groups in total. The number of hydrogen-bond acceptors (Lipinski definition) is 5. The summed E-state index contributed by atoms with van der Waals surface area (Å²) >= 11 is 7.88. The minimum Gasteiger partial charge on any atom is -0.467 e. The number of nitrogens with one attached hydrogen (secondary N) is 1. The second-order valence-corrected chi connectivity index (χ2v) is 7.85. The molecule has 1 aromatic heterocycles. The highest BCUT2D eigenvalue weighted by molar-refractivity contribution is 8.00. The molecular weight excluding hydrogens is 362 g/mol. The van der Waals surface area contributed by atoms with Gasteiger partial charge in [0, 0.05) is 27.8 Å². The minimum atomic E-state index is -0.0907. The van der Waals surface area contributed by atoms with E-state index >= 15 is 0 Å². The second-order valence-electron chi connectivity index (χ2n) is 6.32. The fraction of sp³-hybridized carbons (Fsp3) is 0.412. The van der Waals surface area contributed by atoms with Crippen molar-refractivity contribution in [3.05, 3.63) is 40.0 Å². The van der Waals surface area contributed by atoms with Gasteiger partial charge in [0.2, 0.25) is 5.91 Å². The standard InChI is InChI=1S/C17H18ClN3O3S/c1-9(2)21-17-13(5-19-21)16(25-7-14(22)20-17)12-4-11(18)3-10-6-23-8-24-15(10)12/h3-5,9,16H,6-8H2,1-2H3,(H,20,22)/t16-/m1/s1. The van der Waals surface area contributed by atoms with Crippen LogP contribution in [0.25, 0.3) is 0 Å². The number of carbonyl (C=O) groups excluding carboxylic acids is 1. The minimum absolute atomic E-state index is 0.0312. The average molecular weight is 380 g/mol. The Kier molecular flexibility index (Phi) is 4.39. The van der Waals surface area contributed by atoms with Crippen molar-refractivity contribution in [2.24, 2.45) is 0 Å². The third-order valence-electron chi connectivity index (χ3n) is 4.22. The molecule has 1 atom stereocenters. The summed E-state index contributed by atoms with van der Waals surface area (Å²) in [6.45, 7) is 4.76. The van der Waals surface area contributed by atoms with E-state index in [4.69, 9.17) is 21.1 Å². The molecule has 132 valence electrons. The van der Waals surface area contributed by atoms with Crippen molar-refractivity contribution in [1.29, 1.82) is 0 Å². The molecular formula is C17H18ClN3O3S. The SMILES string of the molecule is CC(C)n1ncc2c1NC(=O)CS[C@@H]2c1cc(Cl)cc2c1OCOC2. The number of ether oxygens (including phenoxy) is 2. The molecule has 25 heavy (non-hydrogen) atoms. The van der Waals surface area contributed by atoms with E-state index in [1.54, 1.807) is 11.8 Å². The van der Waals surface area contributed by atoms with Crippen molar-refractivity contribution in [2.75, 3.05) is 17.9 Å². The van der Waals surface area contributed by atoms with E-state index in [9.17, 15) is 4.79 Å². The van der Waals surface area contributed by atoms with Gasteiger partial charge in [0.25, 0.3) is 0 Å². The molecule has 2 aliphatic rings. The van der Waals surface area contributed by atoms with Crippen LogP contribution in [0.2, 0.25) is 5.02 Å². The van der Waals surface area contributed by atoms with Crippen molar-refractivity contribution >= 4 is 35.1 Å². The summed E-state index contributed by atoms with van der Waals surface area (Å²) in [6.07, 6.45) is 1.82. The monoisotopic (exact) mass is 379 g/mol. The fourth-order valence-electron chi connectivity index (χ4n) is 3.17. The van der Waals surface area contributed by atoms with Crippen molar-refractivity contribution in [1.82, 2.24) is 9.78 Å². The Morgan fingerprint density at radius 1 is 1.40 bits per heavy atom. The zero-order chi connectivity index (χ0) is 17.6. The molecule has 0 unspecified atom stereocenters. The molecule has 0 fully saturated rings. The first kappa shape index (κ1) is 16.8. The van der Waals surface area contributed by atoms with Crippen LogP contribution >= 0.6 is 23.4 Å². The first-order chi connectivity index (χ1) is 12.0. The number of nitrogens with zero attached hydrogens (tertiary/aromatic N) is 2. The highest BCUT2D eigenvalue weighted by Crippen LogP contribution is 2.47. The molecule has 0 saturated heterocycles. The zero-order valence-corrected chi connectivity index (χ0v) is 15.5. The number of rotatable bonds is 2.